The number of rotatable bonds is 8. The first-order valence-electron chi connectivity index (χ1n) is 10.7. The van der Waals surface area contributed by atoms with Crippen LogP contribution < -0.4 is 10.1 Å². The summed E-state index contributed by atoms with van der Waals surface area (Å²) in [6.45, 7) is 0.525. The van der Waals surface area contributed by atoms with E-state index in [2.05, 4.69) is 29.6 Å². The van der Waals surface area contributed by atoms with Crippen molar-refractivity contribution in [3.8, 4) is 16.9 Å². The minimum Gasteiger partial charge on any atom is -0.496 e. The lowest BCUT2D eigenvalue weighted by molar-refractivity contribution is -0.136. The predicted molar refractivity (Wildman–Crippen MR) is 126 cm³/mol. The van der Waals surface area contributed by atoms with E-state index in [1.165, 1.54) is 22.3 Å². The number of fused-ring (bicyclic) bond motifs is 3. The molecule has 0 aliphatic heterocycles. The number of benzene rings is 3. The third kappa shape index (κ3) is 5.06. The quantitative estimate of drug-likeness (QED) is 0.519. The fourth-order valence-electron chi connectivity index (χ4n) is 4.18. The maximum atomic E-state index is 12.3. The molecule has 0 heterocycles. The largest absolute Gasteiger partial charge is 0.496 e. The zero-order chi connectivity index (χ0) is 23.2. The van der Waals surface area contributed by atoms with Gasteiger partial charge in [-0.2, -0.15) is 0 Å². The molecule has 0 saturated carbocycles. The van der Waals surface area contributed by atoms with Gasteiger partial charge in [-0.3, -0.25) is 4.79 Å². The highest BCUT2D eigenvalue weighted by atomic mass is 16.5. The molecular weight excluding hydrogens is 418 g/mol. The number of alkyl carbamates (subject to hydrolysis) is 1. The molecule has 0 radical (unpaired) electrons. The highest BCUT2D eigenvalue weighted by Gasteiger charge is 2.28. The van der Waals surface area contributed by atoms with Gasteiger partial charge in [-0.05, 0) is 39.9 Å². The van der Waals surface area contributed by atoms with E-state index >= 15 is 0 Å². The molecule has 3 aromatic carbocycles. The Hall–Kier alpha value is -4.06. The number of hydrogen-bond acceptors (Lipinski definition) is 4. The molecule has 3 aromatic rings. The van der Waals surface area contributed by atoms with Gasteiger partial charge < -0.3 is 19.9 Å². The number of carboxylic acids is 1. The van der Waals surface area contributed by atoms with Crippen LogP contribution >= 0.6 is 0 Å². The summed E-state index contributed by atoms with van der Waals surface area (Å²) in [5.41, 5.74) is 6.12. The third-order valence-corrected chi connectivity index (χ3v) is 5.65. The van der Waals surface area contributed by atoms with Gasteiger partial charge >= 0.3 is 12.1 Å². The maximum absolute atomic E-state index is 12.3. The summed E-state index contributed by atoms with van der Waals surface area (Å²) in [4.78, 5) is 23.2. The van der Waals surface area contributed by atoms with Crippen LogP contribution in [0.5, 0.6) is 5.75 Å². The molecule has 0 aromatic heterocycles. The third-order valence-electron chi connectivity index (χ3n) is 5.65. The lowest BCUT2D eigenvalue weighted by atomic mass is 9.98. The van der Waals surface area contributed by atoms with Gasteiger partial charge in [0.15, 0.2) is 0 Å². The molecule has 0 spiro atoms. The van der Waals surface area contributed by atoms with Crippen molar-refractivity contribution in [2.75, 3.05) is 20.3 Å². The van der Waals surface area contributed by atoms with Crippen molar-refractivity contribution in [1.82, 2.24) is 5.32 Å². The molecule has 1 aliphatic carbocycles. The summed E-state index contributed by atoms with van der Waals surface area (Å²) >= 11 is 0. The van der Waals surface area contributed by atoms with Crippen LogP contribution in [0.1, 0.15) is 28.2 Å². The molecule has 168 valence electrons. The molecule has 0 fully saturated rings. The normalized spacial score (nSPS) is 12.3. The molecule has 0 unspecified atom stereocenters. The van der Waals surface area contributed by atoms with Gasteiger partial charge in [-0.25, -0.2) is 4.79 Å². The zero-order valence-electron chi connectivity index (χ0n) is 18.3. The van der Waals surface area contributed by atoms with Gasteiger partial charge in [0.25, 0.3) is 0 Å². The van der Waals surface area contributed by atoms with Crippen molar-refractivity contribution in [1.29, 1.82) is 0 Å². The first-order valence-corrected chi connectivity index (χ1v) is 10.7. The first-order chi connectivity index (χ1) is 16.1. The van der Waals surface area contributed by atoms with Crippen molar-refractivity contribution >= 4 is 18.1 Å². The maximum Gasteiger partial charge on any atom is 0.407 e. The van der Waals surface area contributed by atoms with Crippen molar-refractivity contribution in [2.45, 2.75) is 12.3 Å². The van der Waals surface area contributed by atoms with Crippen LogP contribution in [0.2, 0.25) is 0 Å². The number of carbonyl (C=O) groups is 2. The van der Waals surface area contributed by atoms with E-state index < -0.39 is 12.1 Å². The number of ether oxygens (including phenoxy) is 2. The number of hydrogen-bond donors (Lipinski definition) is 2. The van der Waals surface area contributed by atoms with Crippen LogP contribution in [0, 0.1) is 0 Å². The number of methoxy groups -OCH3 is 1. The summed E-state index contributed by atoms with van der Waals surface area (Å²) in [6.07, 6.45) is 2.99. The Morgan fingerprint density at radius 1 is 1.00 bits per heavy atom. The SMILES string of the molecule is COc1ccc(CC(=O)O)cc1C=CCNC(=O)OCC1c2ccccc2-c2ccccc21. The Bertz CT molecular complexity index is 1160. The number of carboxylic acid groups (broad SMARTS) is 1. The summed E-state index contributed by atoms with van der Waals surface area (Å²) in [5, 5.41) is 11.7. The van der Waals surface area contributed by atoms with Gasteiger partial charge in [0.05, 0.1) is 13.5 Å². The average molecular weight is 443 g/mol. The minimum absolute atomic E-state index is 0.0138. The molecule has 1 amide bonds. The van der Waals surface area contributed by atoms with E-state index in [1.54, 1.807) is 37.5 Å². The molecule has 1 aliphatic rings. The molecule has 6 nitrogen and oxygen atoms in total. The van der Waals surface area contributed by atoms with Crippen LogP contribution in [0.3, 0.4) is 0 Å². The lowest BCUT2D eigenvalue weighted by Crippen LogP contribution is -2.26. The second kappa shape index (κ2) is 10.0. The summed E-state index contributed by atoms with van der Waals surface area (Å²) in [5.74, 6) is -0.256. The van der Waals surface area contributed by atoms with Crippen LogP contribution in [0.25, 0.3) is 17.2 Å². The highest BCUT2D eigenvalue weighted by molar-refractivity contribution is 5.79. The Morgan fingerprint density at radius 3 is 2.30 bits per heavy atom. The van der Waals surface area contributed by atoms with E-state index in [0.717, 1.165) is 5.56 Å². The standard InChI is InChI=1S/C27H25NO5/c1-32-25-13-12-18(16-26(29)30)15-19(25)7-6-14-28-27(31)33-17-24-22-10-4-2-8-20(22)21-9-3-5-11-23(21)24/h2-13,15,24H,14,16-17H2,1H3,(H,28,31)(H,29,30). The van der Waals surface area contributed by atoms with Crippen LogP contribution in [-0.4, -0.2) is 37.4 Å². The fourth-order valence-corrected chi connectivity index (χ4v) is 4.18. The van der Waals surface area contributed by atoms with E-state index in [0.29, 0.717) is 11.3 Å². The number of carbonyl (C=O) groups excluding carboxylic acids is 1. The second-order valence-corrected chi connectivity index (χ2v) is 7.76. The zero-order valence-corrected chi connectivity index (χ0v) is 18.3. The first kappa shape index (κ1) is 22.1. The fraction of sp³-hybridized carbons (Fsp3) is 0.185. The Morgan fingerprint density at radius 2 is 1.67 bits per heavy atom. The van der Waals surface area contributed by atoms with E-state index in [9.17, 15) is 9.59 Å². The monoisotopic (exact) mass is 443 g/mol. The van der Waals surface area contributed by atoms with E-state index in [4.69, 9.17) is 14.6 Å². The average Bonchev–Trinajstić information content (AvgIpc) is 3.14. The van der Waals surface area contributed by atoms with Crippen molar-refractivity contribution < 1.29 is 24.2 Å². The molecular formula is C27H25NO5. The minimum atomic E-state index is -0.896. The summed E-state index contributed by atoms with van der Waals surface area (Å²) in [6, 6.07) is 21.6. The van der Waals surface area contributed by atoms with Gasteiger partial charge in [0, 0.05) is 18.0 Å². The smallest absolute Gasteiger partial charge is 0.407 e. The van der Waals surface area contributed by atoms with E-state index in [-0.39, 0.29) is 25.5 Å². The number of amides is 1. The molecule has 6 heteroatoms. The lowest BCUT2D eigenvalue weighted by Gasteiger charge is -2.14. The van der Waals surface area contributed by atoms with Gasteiger partial charge in [-0.15, -0.1) is 0 Å². The van der Waals surface area contributed by atoms with Crippen molar-refractivity contribution in [3.05, 3.63) is 95.1 Å². The topological polar surface area (TPSA) is 84.9 Å². The number of aliphatic carboxylic acids is 1. The summed E-state index contributed by atoms with van der Waals surface area (Å²) in [7, 11) is 1.55. The molecule has 0 bridgehead atoms. The molecule has 4 rings (SSSR count). The molecule has 0 saturated heterocycles. The van der Waals surface area contributed by atoms with E-state index in [1.807, 2.05) is 24.3 Å². The molecule has 2 N–H and O–H groups in total. The second-order valence-electron chi connectivity index (χ2n) is 7.76. The highest BCUT2D eigenvalue weighted by Crippen LogP contribution is 2.44. The van der Waals surface area contributed by atoms with Crippen LogP contribution in [0.15, 0.2) is 72.8 Å². The van der Waals surface area contributed by atoms with Crippen LogP contribution in [0.4, 0.5) is 4.79 Å². The van der Waals surface area contributed by atoms with Gasteiger partial charge in [0.2, 0.25) is 0 Å². The van der Waals surface area contributed by atoms with Crippen molar-refractivity contribution in [3.63, 3.8) is 0 Å². The molecule has 0 atom stereocenters. The van der Waals surface area contributed by atoms with Crippen molar-refractivity contribution in [2.24, 2.45) is 0 Å². The predicted octanol–water partition coefficient (Wildman–Crippen LogP) is 4.87. The Kier molecular flexibility index (Phi) is 6.74. The Labute approximate surface area is 192 Å². The Balaban J connectivity index is 1.34. The van der Waals surface area contributed by atoms with Gasteiger partial charge in [-0.1, -0.05) is 66.7 Å². The summed E-state index contributed by atoms with van der Waals surface area (Å²) < 4.78 is 10.9. The number of nitrogens with one attached hydrogen (secondary N) is 1. The van der Waals surface area contributed by atoms with Gasteiger partial charge in [0.1, 0.15) is 12.4 Å². The van der Waals surface area contributed by atoms with Crippen LogP contribution in [-0.2, 0) is 16.0 Å². The molecule has 33 heavy (non-hydrogen) atoms.